The molecular formula is C14H18F3NO2S. The van der Waals surface area contributed by atoms with Crippen LogP contribution in [0.15, 0.2) is 23.1 Å². The van der Waals surface area contributed by atoms with Crippen LogP contribution in [0.2, 0.25) is 0 Å². The van der Waals surface area contributed by atoms with E-state index >= 15 is 0 Å². The van der Waals surface area contributed by atoms with Gasteiger partial charge in [-0.1, -0.05) is 6.07 Å². The van der Waals surface area contributed by atoms with Crippen molar-refractivity contribution in [2.75, 3.05) is 20.2 Å². The number of nitrogens with zero attached hydrogens (tertiary/aromatic N) is 1. The molecule has 1 atom stereocenters. The molecule has 1 aromatic carbocycles. The fourth-order valence-corrected chi connectivity index (χ4v) is 3.17. The Kier molecular flexibility index (Phi) is 5.40. The Labute approximate surface area is 126 Å². The fourth-order valence-electron chi connectivity index (χ4n) is 2.46. The standard InChI is InChI=1S/C14H18F3NO2S/c1-20-12-5-4-10(7-13(12)21-14(15,16)17)8-18-6-2-3-11(19)9-18/h4-5,7,11,19H,2-3,6,8-9H2,1H3. The minimum atomic E-state index is -4.34. The summed E-state index contributed by atoms with van der Waals surface area (Å²) in [5.74, 6) is 0.222. The van der Waals surface area contributed by atoms with Crippen LogP contribution >= 0.6 is 11.8 Å². The molecule has 1 aromatic rings. The molecule has 0 aromatic heterocycles. The van der Waals surface area contributed by atoms with E-state index in [0.717, 1.165) is 24.9 Å². The van der Waals surface area contributed by atoms with Gasteiger partial charge < -0.3 is 9.84 Å². The number of piperidine rings is 1. The zero-order valence-electron chi connectivity index (χ0n) is 11.7. The number of hydrogen-bond donors (Lipinski definition) is 1. The minimum Gasteiger partial charge on any atom is -0.496 e. The summed E-state index contributed by atoms with van der Waals surface area (Å²) >= 11 is -0.164. The summed E-state index contributed by atoms with van der Waals surface area (Å²) in [4.78, 5) is 2.12. The third-order valence-electron chi connectivity index (χ3n) is 3.34. The highest BCUT2D eigenvalue weighted by atomic mass is 32.2. The maximum absolute atomic E-state index is 12.6. The van der Waals surface area contributed by atoms with Crippen LogP contribution in [0.5, 0.6) is 5.75 Å². The lowest BCUT2D eigenvalue weighted by atomic mass is 10.1. The van der Waals surface area contributed by atoms with Gasteiger partial charge in [0.05, 0.1) is 18.1 Å². The molecule has 3 nitrogen and oxygen atoms in total. The number of hydrogen-bond acceptors (Lipinski definition) is 4. The van der Waals surface area contributed by atoms with Gasteiger partial charge in [0.15, 0.2) is 0 Å². The second-order valence-electron chi connectivity index (χ2n) is 5.06. The van der Waals surface area contributed by atoms with Gasteiger partial charge in [-0.3, -0.25) is 4.90 Å². The molecule has 1 unspecified atom stereocenters. The van der Waals surface area contributed by atoms with Crippen molar-refractivity contribution in [3.05, 3.63) is 23.8 Å². The summed E-state index contributed by atoms with van der Waals surface area (Å²) < 4.78 is 42.7. The maximum Gasteiger partial charge on any atom is 0.446 e. The molecule has 0 amide bonds. The van der Waals surface area contributed by atoms with Gasteiger partial charge in [0.1, 0.15) is 5.75 Å². The Morgan fingerprint density at radius 3 is 2.81 bits per heavy atom. The number of methoxy groups -OCH3 is 1. The molecular weight excluding hydrogens is 303 g/mol. The van der Waals surface area contributed by atoms with Gasteiger partial charge in [0.2, 0.25) is 0 Å². The van der Waals surface area contributed by atoms with Gasteiger partial charge in [0.25, 0.3) is 0 Å². The third-order valence-corrected chi connectivity index (χ3v) is 4.11. The van der Waals surface area contributed by atoms with E-state index < -0.39 is 5.51 Å². The largest absolute Gasteiger partial charge is 0.496 e. The van der Waals surface area contributed by atoms with E-state index in [-0.39, 0.29) is 28.5 Å². The number of β-amino-alcohol motifs (C(OH)–C–C–N with tert-alkyl or cyclic N) is 1. The van der Waals surface area contributed by atoms with Crippen molar-refractivity contribution in [2.45, 2.75) is 35.9 Å². The Morgan fingerprint density at radius 2 is 2.19 bits per heavy atom. The molecule has 1 saturated heterocycles. The van der Waals surface area contributed by atoms with E-state index in [9.17, 15) is 18.3 Å². The Morgan fingerprint density at radius 1 is 1.43 bits per heavy atom. The number of alkyl halides is 3. The second kappa shape index (κ2) is 6.89. The van der Waals surface area contributed by atoms with E-state index in [1.807, 2.05) is 0 Å². The molecule has 1 aliphatic rings. The molecule has 0 bridgehead atoms. The number of benzene rings is 1. The zero-order valence-corrected chi connectivity index (χ0v) is 12.5. The average Bonchev–Trinajstić information content (AvgIpc) is 2.37. The van der Waals surface area contributed by atoms with E-state index in [1.165, 1.54) is 13.2 Å². The van der Waals surface area contributed by atoms with Crippen LogP contribution < -0.4 is 4.74 Å². The number of likely N-dealkylation sites (tertiary alicyclic amines) is 1. The Hall–Kier alpha value is -0.920. The molecule has 1 heterocycles. The summed E-state index contributed by atoms with van der Waals surface area (Å²) in [5.41, 5.74) is -3.55. The van der Waals surface area contributed by atoms with Crippen molar-refractivity contribution in [3.63, 3.8) is 0 Å². The number of halogens is 3. The molecule has 21 heavy (non-hydrogen) atoms. The number of aliphatic hydroxyl groups is 1. The van der Waals surface area contributed by atoms with Gasteiger partial charge in [-0.25, -0.2) is 0 Å². The van der Waals surface area contributed by atoms with Gasteiger partial charge in [-0.2, -0.15) is 13.2 Å². The van der Waals surface area contributed by atoms with Crippen LogP contribution in [0, 0.1) is 0 Å². The quantitative estimate of drug-likeness (QED) is 0.863. The average molecular weight is 321 g/mol. The first-order valence-electron chi connectivity index (χ1n) is 6.70. The lowest BCUT2D eigenvalue weighted by molar-refractivity contribution is -0.0328. The van der Waals surface area contributed by atoms with Crippen LogP contribution in [0.1, 0.15) is 18.4 Å². The normalized spacial score (nSPS) is 20.5. The van der Waals surface area contributed by atoms with E-state index in [2.05, 4.69) is 4.90 Å². The van der Waals surface area contributed by atoms with Crippen LogP contribution in [0.4, 0.5) is 13.2 Å². The second-order valence-corrected chi connectivity index (χ2v) is 6.17. The topological polar surface area (TPSA) is 32.7 Å². The highest BCUT2D eigenvalue weighted by molar-refractivity contribution is 8.00. The fraction of sp³-hybridized carbons (Fsp3) is 0.571. The SMILES string of the molecule is COc1ccc(CN2CCCC(O)C2)cc1SC(F)(F)F. The van der Waals surface area contributed by atoms with Crippen molar-refractivity contribution in [2.24, 2.45) is 0 Å². The van der Waals surface area contributed by atoms with Crippen molar-refractivity contribution in [3.8, 4) is 5.75 Å². The first kappa shape index (κ1) is 16.5. The van der Waals surface area contributed by atoms with Crippen LogP contribution in [0.25, 0.3) is 0 Å². The molecule has 2 rings (SSSR count). The molecule has 0 aliphatic carbocycles. The van der Waals surface area contributed by atoms with Crippen LogP contribution in [-0.2, 0) is 6.54 Å². The van der Waals surface area contributed by atoms with Crippen molar-refractivity contribution >= 4 is 11.8 Å². The molecule has 0 radical (unpaired) electrons. The van der Waals surface area contributed by atoms with Gasteiger partial charge in [0, 0.05) is 13.1 Å². The number of aliphatic hydroxyl groups excluding tert-OH is 1. The van der Waals surface area contributed by atoms with E-state index in [1.54, 1.807) is 12.1 Å². The van der Waals surface area contributed by atoms with Crippen LogP contribution in [0.3, 0.4) is 0 Å². The van der Waals surface area contributed by atoms with E-state index in [4.69, 9.17) is 4.74 Å². The summed E-state index contributed by atoms with van der Waals surface area (Å²) in [7, 11) is 1.36. The number of rotatable bonds is 4. The van der Waals surface area contributed by atoms with Crippen molar-refractivity contribution in [1.82, 2.24) is 4.90 Å². The number of thioether (sulfide) groups is 1. The van der Waals surface area contributed by atoms with Gasteiger partial charge >= 0.3 is 5.51 Å². The summed E-state index contributed by atoms with van der Waals surface area (Å²) in [6.45, 7) is 1.95. The van der Waals surface area contributed by atoms with Gasteiger partial charge in [-0.05, 0) is 48.8 Å². The summed E-state index contributed by atoms with van der Waals surface area (Å²) in [6.07, 6.45) is 1.34. The third kappa shape index (κ3) is 5.09. The molecule has 1 N–H and O–H groups in total. The van der Waals surface area contributed by atoms with E-state index in [0.29, 0.717) is 13.1 Å². The Bertz CT molecular complexity index is 482. The first-order chi connectivity index (χ1) is 9.87. The maximum atomic E-state index is 12.6. The van der Waals surface area contributed by atoms with Crippen molar-refractivity contribution < 1.29 is 23.0 Å². The molecule has 1 aliphatic heterocycles. The molecule has 0 spiro atoms. The predicted molar refractivity (Wildman–Crippen MR) is 75.4 cm³/mol. The number of ether oxygens (including phenoxy) is 1. The summed E-state index contributed by atoms with van der Waals surface area (Å²) in [5, 5.41) is 9.63. The lowest BCUT2D eigenvalue weighted by Gasteiger charge is -2.30. The monoisotopic (exact) mass is 321 g/mol. The smallest absolute Gasteiger partial charge is 0.446 e. The van der Waals surface area contributed by atoms with Crippen molar-refractivity contribution in [1.29, 1.82) is 0 Å². The Balaban J connectivity index is 2.11. The minimum absolute atomic E-state index is 0.0695. The highest BCUT2D eigenvalue weighted by Gasteiger charge is 2.31. The zero-order chi connectivity index (χ0) is 15.5. The summed E-state index contributed by atoms with van der Waals surface area (Å²) in [6, 6.07) is 4.84. The first-order valence-corrected chi connectivity index (χ1v) is 7.52. The molecule has 118 valence electrons. The molecule has 7 heteroatoms. The van der Waals surface area contributed by atoms with Crippen LogP contribution in [-0.4, -0.2) is 41.8 Å². The van der Waals surface area contributed by atoms with Gasteiger partial charge in [-0.15, -0.1) is 0 Å². The lowest BCUT2D eigenvalue weighted by Crippen LogP contribution is -2.37. The highest BCUT2D eigenvalue weighted by Crippen LogP contribution is 2.41. The molecule has 1 fully saturated rings. The predicted octanol–water partition coefficient (Wildman–Crippen LogP) is 3.26. The molecule has 0 saturated carbocycles.